The van der Waals surface area contributed by atoms with Crippen LogP contribution in [0.15, 0.2) is 60.8 Å². The minimum Gasteiger partial charge on any atom is -0.480 e. The van der Waals surface area contributed by atoms with Gasteiger partial charge in [0.2, 0.25) is 0 Å². The van der Waals surface area contributed by atoms with Gasteiger partial charge in [0, 0.05) is 24.7 Å². The van der Waals surface area contributed by atoms with E-state index in [4.69, 9.17) is 16.3 Å². The van der Waals surface area contributed by atoms with Crippen molar-refractivity contribution in [1.29, 1.82) is 0 Å². The number of benzene rings is 2. The number of hydrogen-bond donors (Lipinski definition) is 1. The van der Waals surface area contributed by atoms with Gasteiger partial charge >= 0.3 is 0 Å². The third-order valence-corrected chi connectivity index (χ3v) is 4.80. The molecule has 6 heteroatoms. The van der Waals surface area contributed by atoms with Crippen LogP contribution in [0.3, 0.4) is 0 Å². The van der Waals surface area contributed by atoms with Gasteiger partial charge in [0.05, 0.1) is 11.7 Å². The topological polar surface area (TPSA) is 56.2 Å². The summed E-state index contributed by atoms with van der Waals surface area (Å²) >= 11 is 6.03. The average molecular weight is 368 g/mol. The third kappa shape index (κ3) is 3.18. The Morgan fingerprint density at radius 1 is 1.27 bits per heavy atom. The van der Waals surface area contributed by atoms with E-state index in [0.717, 1.165) is 16.8 Å². The van der Waals surface area contributed by atoms with Crippen molar-refractivity contribution >= 4 is 17.5 Å². The first-order chi connectivity index (χ1) is 12.6. The molecule has 26 heavy (non-hydrogen) atoms. The first-order valence-electron chi connectivity index (χ1n) is 8.40. The number of nitrogens with zero attached hydrogens (tertiary/aromatic N) is 2. The zero-order valence-electron chi connectivity index (χ0n) is 14.2. The molecule has 2 heterocycles. The van der Waals surface area contributed by atoms with Crippen LogP contribution < -0.4 is 10.1 Å². The molecule has 0 radical (unpaired) electrons. The van der Waals surface area contributed by atoms with Gasteiger partial charge in [0.25, 0.3) is 5.91 Å². The molecular weight excluding hydrogens is 350 g/mol. The highest BCUT2D eigenvalue weighted by atomic mass is 35.5. The number of rotatable bonds is 4. The number of carbonyl (C=O) groups excluding carboxylic acids is 1. The smallest absolute Gasteiger partial charge is 0.262 e. The van der Waals surface area contributed by atoms with Crippen molar-refractivity contribution in [2.75, 3.05) is 0 Å². The predicted octanol–water partition coefficient (Wildman–Crippen LogP) is 3.28. The van der Waals surface area contributed by atoms with Crippen LogP contribution in [0.5, 0.6) is 5.75 Å². The summed E-state index contributed by atoms with van der Waals surface area (Å²) in [5.74, 6) is 0.554. The Labute approximate surface area is 156 Å². The van der Waals surface area contributed by atoms with Crippen molar-refractivity contribution < 1.29 is 9.53 Å². The zero-order chi connectivity index (χ0) is 18.1. The quantitative estimate of drug-likeness (QED) is 0.769. The van der Waals surface area contributed by atoms with Gasteiger partial charge in [-0.3, -0.25) is 9.48 Å². The molecule has 0 fully saturated rings. The lowest BCUT2D eigenvalue weighted by Gasteiger charge is -2.21. The van der Waals surface area contributed by atoms with E-state index in [1.54, 1.807) is 23.0 Å². The largest absolute Gasteiger partial charge is 0.480 e. The molecule has 0 bridgehead atoms. The van der Waals surface area contributed by atoms with Crippen molar-refractivity contribution in [1.82, 2.24) is 15.1 Å². The molecule has 3 aromatic rings. The van der Waals surface area contributed by atoms with E-state index in [0.29, 0.717) is 17.2 Å². The van der Waals surface area contributed by atoms with E-state index in [9.17, 15) is 4.79 Å². The molecule has 2 atom stereocenters. The second-order valence-electron chi connectivity index (χ2n) is 6.29. The molecule has 2 aromatic carbocycles. The molecular formula is C20H18ClN3O2. The lowest BCUT2D eigenvalue weighted by molar-refractivity contribution is -0.127. The van der Waals surface area contributed by atoms with Crippen LogP contribution in [-0.4, -0.2) is 21.8 Å². The molecule has 1 aliphatic heterocycles. The van der Waals surface area contributed by atoms with E-state index < -0.39 is 6.10 Å². The Hall–Kier alpha value is -2.79. The maximum Gasteiger partial charge on any atom is 0.262 e. The lowest BCUT2D eigenvalue weighted by atomic mass is 10.0. The molecule has 0 aliphatic carbocycles. The van der Waals surface area contributed by atoms with Gasteiger partial charge in [0.15, 0.2) is 6.10 Å². The summed E-state index contributed by atoms with van der Waals surface area (Å²) in [6, 6.07) is 16.9. The maximum atomic E-state index is 12.9. The molecule has 1 aromatic heterocycles. The molecule has 1 amide bonds. The minimum absolute atomic E-state index is 0.160. The summed E-state index contributed by atoms with van der Waals surface area (Å²) in [5.41, 5.74) is 2.85. The first kappa shape index (κ1) is 16.7. The fourth-order valence-corrected chi connectivity index (χ4v) is 3.43. The number of fused-ring (bicyclic) bond motifs is 1. The summed E-state index contributed by atoms with van der Waals surface area (Å²) in [6.07, 6.45) is 1.67. The molecule has 5 nitrogen and oxygen atoms in total. The van der Waals surface area contributed by atoms with E-state index in [1.807, 2.05) is 49.5 Å². The van der Waals surface area contributed by atoms with E-state index in [2.05, 4.69) is 10.4 Å². The van der Waals surface area contributed by atoms with Gasteiger partial charge in [-0.25, -0.2) is 0 Å². The monoisotopic (exact) mass is 367 g/mol. The zero-order valence-corrected chi connectivity index (χ0v) is 15.0. The number of amides is 1. The third-order valence-electron chi connectivity index (χ3n) is 4.56. The Morgan fingerprint density at radius 2 is 2.08 bits per heavy atom. The van der Waals surface area contributed by atoms with Crippen LogP contribution in [0.4, 0.5) is 0 Å². The van der Waals surface area contributed by atoms with E-state index in [-0.39, 0.29) is 11.9 Å². The van der Waals surface area contributed by atoms with Crippen LogP contribution in [0.1, 0.15) is 22.9 Å². The average Bonchev–Trinajstić information content (AvgIpc) is 3.26. The SMILES string of the molecule is Cn1nccc1[C@H](NC(=O)[C@@H]1Cc2cc(Cl)ccc2O1)c1ccccc1. The molecule has 0 saturated carbocycles. The minimum atomic E-state index is -0.567. The summed E-state index contributed by atoms with van der Waals surface area (Å²) in [6.45, 7) is 0. The van der Waals surface area contributed by atoms with Gasteiger partial charge in [-0.2, -0.15) is 5.10 Å². The van der Waals surface area contributed by atoms with Crippen molar-refractivity contribution in [3.8, 4) is 5.75 Å². The molecule has 0 spiro atoms. The van der Waals surface area contributed by atoms with Crippen LogP contribution in [0.2, 0.25) is 5.02 Å². The number of aryl methyl sites for hydroxylation is 1. The van der Waals surface area contributed by atoms with Gasteiger partial charge in [-0.15, -0.1) is 0 Å². The van der Waals surface area contributed by atoms with Gasteiger partial charge in [-0.1, -0.05) is 41.9 Å². The van der Waals surface area contributed by atoms with E-state index >= 15 is 0 Å². The number of aromatic nitrogens is 2. The molecule has 0 unspecified atom stereocenters. The normalized spacial score (nSPS) is 16.6. The van der Waals surface area contributed by atoms with Crippen LogP contribution >= 0.6 is 11.6 Å². The Kier molecular flexibility index (Phi) is 4.39. The second-order valence-corrected chi connectivity index (χ2v) is 6.73. The summed E-state index contributed by atoms with van der Waals surface area (Å²) in [4.78, 5) is 12.9. The molecule has 1 aliphatic rings. The highest BCUT2D eigenvalue weighted by molar-refractivity contribution is 6.30. The fourth-order valence-electron chi connectivity index (χ4n) is 3.24. The van der Waals surface area contributed by atoms with Gasteiger partial charge in [0.1, 0.15) is 5.75 Å². The van der Waals surface area contributed by atoms with Crippen LogP contribution in [-0.2, 0) is 18.3 Å². The Balaban J connectivity index is 1.57. The lowest BCUT2D eigenvalue weighted by Crippen LogP contribution is -2.40. The molecule has 0 saturated heterocycles. The van der Waals surface area contributed by atoms with Gasteiger partial charge in [-0.05, 0) is 35.4 Å². The summed E-state index contributed by atoms with van der Waals surface area (Å²) in [7, 11) is 1.86. The van der Waals surface area contributed by atoms with Crippen molar-refractivity contribution in [2.45, 2.75) is 18.6 Å². The molecule has 4 rings (SSSR count). The predicted molar refractivity (Wildman–Crippen MR) is 99.2 cm³/mol. The summed E-state index contributed by atoms with van der Waals surface area (Å²) < 4.78 is 7.58. The molecule has 1 N–H and O–H groups in total. The van der Waals surface area contributed by atoms with Crippen LogP contribution in [0, 0.1) is 0 Å². The Bertz CT molecular complexity index is 939. The van der Waals surface area contributed by atoms with Gasteiger partial charge < -0.3 is 10.1 Å². The van der Waals surface area contributed by atoms with Crippen molar-refractivity contribution in [3.63, 3.8) is 0 Å². The Morgan fingerprint density at radius 3 is 2.81 bits per heavy atom. The number of carbonyl (C=O) groups is 1. The van der Waals surface area contributed by atoms with Crippen molar-refractivity contribution in [3.05, 3.63) is 82.6 Å². The maximum absolute atomic E-state index is 12.9. The first-order valence-corrected chi connectivity index (χ1v) is 8.78. The second kappa shape index (κ2) is 6.84. The van der Waals surface area contributed by atoms with Crippen molar-refractivity contribution in [2.24, 2.45) is 7.05 Å². The number of ether oxygens (including phenoxy) is 1. The number of hydrogen-bond acceptors (Lipinski definition) is 3. The van der Waals surface area contributed by atoms with E-state index in [1.165, 1.54) is 0 Å². The standard InChI is InChI=1S/C20H18ClN3O2/c1-24-16(9-10-22-24)19(13-5-3-2-4-6-13)23-20(25)18-12-14-11-15(21)7-8-17(14)26-18/h2-11,18-19H,12H2,1H3,(H,23,25)/t18-,19+/m0/s1. The highest BCUT2D eigenvalue weighted by Gasteiger charge is 2.31. The highest BCUT2D eigenvalue weighted by Crippen LogP contribution is 2.31. The van der Waals surface area contributed by atoms with Crippen LogP contribution in [0.25, 0.3) is 0 Å². The number of halogens is 1. The fraction of sp³-hybridized carbons (Fsp3) is 0.200. The summed E-state index contributed by atoms with van der Waals surface area (Å²) in [5, 5.41) is 7.98. The molecule has 132 valence electrons. The number of nitrogens with one attached hydrogen (secondary N) is 1.